The summed E-state index contributed by atoms with van der Waals surface area (Å²) in [5.41, 5.74) is 8.86. The summed E-state index contributed by atoms with van der Waals surface area (Å²) in [7, 11) is 0. The highest BCUT2D eigenvalue weighted by Gasteiger charge is 2.36. The normalized spacial score (nSPS) is 15.7. The van der Waals surface area contributed by atoms with E-state index in [4.69, 9.17) is 9.41 Å². The number of pyridine rings is 1. The van der Waals surface area contributed by atoms with Crippen LogP contribution in [0, 0.1) is 0 Å². The maximum atomic E-state index is 5.91. The molecule has 2 heterocycles. The molecule has 5 rings (SSSR count). The maximum absolute atomic E-state index is 5.91. The summed E-state index contributed by atoms with van der Waals surface area (Å²) < 4.78 is 5.91. The van der Waals surface area contributed by atoms with E-state index in [0.29, 0.717) is 11.6 Å². The highest BCUT2D eigenvalue weighted by Crippen LogP contribution is 2.47. The van der Waals surface area contributed by atoms with Gasteiger partial charge >= 0.3 is 0 Å². The quantitative estimate of drug-likeness (QED) is 0.335. The summed E-state index contributed by atoms with van der Waals surface area (Å²) in [6.07, 6.45) is 6.06. The lowest BCUT2D eigenvalue weighted by atomic mass is 9.81. The molecule has 1 aliphatic rings. The largest absolute Gasteiger partial charge is 0.435 e. The van der Waals surface area contributed by atoms with Crippen molar-refractivity contribution in [1.82, 2.24) is 9.97 Å². The third-order valence-corrected chi connectivity index (χ3v) is 6.09. The molecule has 4 nitrogen and oxygen atoms in total. The average molecular weight is 420 g/mol. The molecule has 0 unspecified atom stereocenters. The second-order valence-corrected chi connectivity index (χ2v) is 8.55. The molecule has 0 bridgehead atoms. The Balaban J connectivity index is 1.59. The van der Waals surface area contributed by atoms with Gasteiger partial charge in [0.05, 0.1) is 5.70 Å². The van der Waals surface area contributed by atoms with Crippen LogP contribution in [-0.4, -0.2) is 15.7 Å². The number of oxazole rings is 1. The molecule has 0 N–H and O–H groups in total. The zero-order chi connectivity index (χ0) is 22.3. The van der Waals surface area contributed by atoms with Crippen LogP contribution >= 0.6 is 0 Å². The Morgan fingerprint density at radius 3 is 2.62 bits per heavy atom. The number of fused-ring (bicyclic) bond motifs is 2. The second kappa shape index (κ2) is 7.72. The van der Waals surface area contributed by atoms with Crippen molar-refractivity contribution in [2.45, 2.75) is 33.1 Å². The van der Waals surface area contributed by atoms with Gasteiger partial charge in [-0.3, -0.25) is 9.98 Å². The first kappa shape index (κ1) is 20.1. The van der Waals surface area contributed by atoms with Gasteiger partial charge in [-0.2, -0.15) is 0 Å². The van der Waals surface area contributed by atoms with Crippen LogP contribution in [0.3, 0.4) is 0 Å². The van der Waals surface area contributed by atoms with E-state index in [1.807, 2.05) is 43.3 Å². The van der Waals surface area contributed by atoms with Crippen LogP contribution in [-0.2, 0) is 5.41 Å². The number of hydrogen-bond donors (Lipinski definition) is 0. The predicted octanol–water partition coefficient (Wildman–Crippen LogP) is 6.98. The summed E-state index contributed by atoms with van der Waals surface area (Å²) in [6.45, 7) is 8.61. The molecule has 4 heteroatoms. The van der Waals surface area contributed by atoms with Crippen molar-refractivity contribution in [3.8, 4) is 11.6 Å². The molecule has 0 amide bonds. The topological polar surface area (TPSA) is 51.3 Å². The average Bonchev–Trinajstić information content (AvgIpc) is 3.33. The van der Waals surface area contributed by atoms with Crippen molar-refractivity contribution in [2.75, 3.05) is 0 Å². The fourth-order valence-corrected chi connectivity index (χ4v) is 4.38. The molecule has 0 atom stereocenters. The molecule has 4 aromatic rings. The van der Waals surface area contributed by atoms with E-state index in [0.717, 1.165) is 28.1 Å². The minimum atomic E-state index is -0.0934. The van der Waals surface area contributed by atoms with E-state index in [2.05, 4.69) is 67.2 Å². The van der Waals surface area contributed by atoms with Gasteiger partial charge in [0.2, 0.25) is 5.89 Å². The van der Waals surface area contributed by atoms with E-state index in [1.54, 1.807) is 6.20 Å². The van der Waals surface area contributed by atoms with Crippen LogP contribution in [0.1, 0.15) is 44.4 Å². The number of para-hydroxylation sites is 2. The van der Waals surface area contributed by atoms with Gasteiger partial charge in [-0.15, -0.1) is 0 Å². The zero-order valence-corrected chi connectivity index (χ0v) is 18.8. The SMILES string of the molecule is C/C=C\C1=C(N=C(C)c2ccnc(-c3nc4ccccc4o3)c2)c2ccccc2C1(C)C. The number of rotatable bonds is 4. The first-order valence-corrected chi connectivity index (χ1v) is 10.8. The van der Waals surface area contributed by atoms with Crippen molar-refractivity contribution in [3.05, 3.63) is 101 Å². The van der Waals surface area contributed by atoms with Gasteiger partial charge in [-0.25, -0.2) is 4.98 Å². The Morgan fingerprint density at radius 1 is 1.03 bits per heavy atom. The van der Waals surface area contributed by atoms with Gasteiger partial charge in [0.1, 0.15) is 11.2 Å². The monoisotopic (exact) mass is 419 g/mol. The first-order valence-electron chi connectivity index (χ1n) is 10.8. The number of nitrogens with zero attached hydrogens (tertiary/aromatic N) is 3. The van der Waals surface area contributed by atoms with E-state index in [-0.39, 0.29) is 5.41 Å². The van der Waals surface area contributed by atoms with Crippen LogP contribution in [0.2, 0.25) is 0 Å². The van der Waals surface area contributed by atoms with Gasteiger partial charge in [0, 0.05) is 22.9 Å². The molecule has 0 radical (unpaired) electrons. The lowest BCUT2D eigenvalue weighted by Crippen LogP contribution is -2.15. The Labute approximate surface area is 188 Å². The molecule has 0 saturated heterocycles. The Morgan fingerprint density at radius 2 is 1.81 bits per heavy atom. The molecule has 0 aliphatic heterocycles. The molecule has 0 spiro atoms. The Bertz CT molecular complexity index is 1390. The lowest BCUT2D eigenvalue weighted by Gasteiger charge is -2.22. The number of hydrogen-bond acceptors (Lipinski definition) is 4. The van der Waals surface area contributed by atoms with Crippen LogP contribution < -0.4 is 0 Å². The van der Waals surface area contributed by atoms with E-state index in [1.165, 1.54) is 16.7 Å². The van der Waals surface area contributed by atoms with E-state index >= 15 is 0 Å². The van der Waals surface area contributed by atoms with Gasteiger partial charge in [-0.1, -0.05) is 62.4 Å². The second-order valence-electron chi connectivity index (χ2n) is 8.55. The summed E-state index contributed by atoms with van der Waals surface area (Å²) in [6, 6.07) is 20.3. The number of aromatic nitrogens is 2. The standard InChI is InChI=1S/C28H25N3O/c1-5-10-22-26(20-11-6-7-12-21(20)28(22,3)4)30-18(2)19-15-16-29-24(17-19)27-31-23-13-8-9-14-25(23)32-27/h5-17H,1-4H3/b10-5-,30-18?. The van der Waals surface area contributed by atoms with Crippen molar-refractivity contribution in [1.29, 1.82) is 0 Å². The highest BCUT2D eigenvalue weighted by molar-refractivity contribution is 6.03. The van der Waals surface area contributed by atoms with Crippen molar-refractivity contribution in [2.24, 2.45) is 4.99 Å². The molecule has 2 aromatic carbocycles. The third-order valence-electron chi connectivity index (χ3n) is 6.09. The summed E-state index contributed by atoms with van der Waals surface area (Å²) >= 11 is 0. The van der Waals surface area contributed by atoms with Crippen molar-refractivity contribution < 1.29 is 4.42 Å². The lowest BCUT2D eigenvalue weighted by molar-refractivity contribution is 0.617. The number of allylic oxidation sites excluding steroid dienone is 3. The maximum Gasteiger partial charge on any atom is 0.246 e. The molecule has 1 aliphatic carbocycles. The highest BCUT2D eigenvalue weighted by atomic mass is 16.3. The minimum Gasteiger partial charge on any atom is -0.435 e. The smallest absolute Gasteiger partial charge is 0.246 e. The van der Waals surface area contributed by atoms with Gasteiger partial charge in [0.25, 0.3) is 0 Å². The molecule has 2 aromatic heterocycles. The molecule has 32 heavy (non-hydrogen) atoms. The summed E-state index contributed by atoms with van der Waals surface area (Å²) in [4.78, 5) is 14.2. The molecule has 0 saturated carbocycles. The number of benzene rings is 2. The first-order chi connectivity index (χ1) is 15.5. The third kappa shape index (κ3) is 3.28. The van der Waals surface area contributed by atoms with E-state index in [9.17, 15) is 0 Å². The Hall–Kier alpha value is -3.79. The molecule has 0 fully saturated rings. The summed E-state index contributed by atoms with van der Waals surface area (Å²) in [5.74, 6) is 0.516. The van der Waals surface area contributed by atoms with Crippen LogP contribution in [0.25, 0.3) is 28.4 Å². The predicted molar refractivity (Wildman–Crippen MR) is 131 cm³/mol. The summed E-state index contributed by atoms with van der Waals surface area (Å²) in [5, 5.41) is 0. The van der Waals surface area contributed by atoms with Crippen molar-refractivity contribution >= 4 is 22.5 Å². The zero-order valence-electron chi connectivity index (χ0n) is 18.8. The van der Waals surface area contributed by atoms with Gasteiger partial charge in [-0.05, 0) is 54.8 Å². The Kier molecular flexibility index (Phi) is 4.86. The van der Waals surface area contributed by atoms with Crippen LogP contribution in [0.15, 0.2) is 94.0 Å². The minimum absolute atomic E-state index is 0.0934. The fraction of sp³-hybridized carbons (Fsp3) is 0.179. The molecular formula is C28H25N3O. The van der Waals surface area contributed by atoms with Crippen LogP contribution in [0.5, 0.6) is 0 Å². The molecule has 158 valence electrons. The van der Waals surface area contributed by atoms with Crippen LogP contribution in [0.4, 0.5) is 0 Å². The van der Waals surface area contributed by atoms with E-state index < -0.39 is 0 Å². The van der Waals surface area contributed by atoms with Crippen molar-refractivity contribution in [3.63, 3.8) is 0 Å². The molecular weight excluding hydrogens is 394 g/mol. The fourth-order valence-electron chi connectivity index (χ4n) is 4.38. The number of aliphatic imine (C=N–C) groups is 1. The van der Waals surface area contributed by atoms with Gasteiger partial charge < -0.3 is 4.42 Å². The van der Waals surface area contributed by atoms with Gasteiger partial charge in [0.15, 0.2) is 5.58 Å².